The maximum absolute atomic E-state index is 11.0. The van der Waals surface area contributed by atoms with Crippen LogP contribution in [-0.2, 0) is 19.7 Å². The van der Waals surface area contributed by atoms with E-state index in [1.165, 1.54) is 0 Å². The lowest BCUT2D eigenvalue weighted by Gasteiger charge is -2.13. The molecule has 0 aliphatic heterocycles. The average Bonchev–Trinajstić information content (AvgIpc) is 2.94. The lowest BCUT2D eigenvalue weighted by Crippen LogP contribution is -2.19. The Kier molecular flexibility index (Phi) is 3.07. The Labute approximate surface area is 103 Å². The van der Waals surface area contributed by atoms with Crippen molar-refractivity contribution in [3.05, 3.63) is 28.5 Å². The first-order valence-electron chi connectivity index (χ1n) is 4.89. The van der Waals surface area contributed by atoms with Gasteiger partial charge in [-0.25, -0.2) is 4.98 Å². The Morgan fingerprint density at radius 2 is 2.19 bits per heavy atom. The summed E-state index contributed by atoms with van der Waals surface area (Å²) < 4.78 is 27.5. The van der Waals surface area contributed by atoms with E-state index in [9.17, 15) is 8.42 Å². The smallest absolute Gasteiger partial charge is 0.264 e. The van der Waals surface area contributed by atoms with Gasteiger partial charge in [0, 0.05) is 5.41 Å². The number of pyridine rings is 1. The molecule has 1 heterocycles. The van der Waals surface area contributed by atoms with E-state index in [2.05, 4.69) is 20.9 Å². The van der Waals surface area contributed by atoms with Gasteiger partial charge in [0.25, 0.3) is 10.1 Å². The van der Waals surface area contributed by atoms with Crippen LogP contribution < -0.4 is 0 Å². The van der Waals surface area contributed by atoms with Gasteiger partial charge in [-0.3, -0.25) is 4.18 Å². The summed E-state index contributed by atoms with van der Waals surface area (Å²) in [6.07, 6.45) is 2.91. The van der Waals surface area contributed by atoms with Crippen LogP contribution in [-0.4, -0.2) is 26.3 Å². The molecule has 0 aromatic carbocycles. The number of aromatic nitrogens is 1. The Bertz CT molecular complexity index is 497. The van der Waals surface area contributed by atoms with E-state index in [1.54, 1.807) is 0 Å². The molecule has 1 saturated carbocycles. The second-order valence-corrected chi connectivity index (χ2v) is 6.55. The third kappa shape index (κ3) is 2.81. The fourth-order valence-corrected chi connectivity index (χ4v) is 2.33. The van der Waals surface area contributed by atoms with E-state index < -0.39 is 10.1 Å². The molecule has 0 spiro atoms. The van der Waals surface area contributed by atoms with Gasteiger partial charge in [-0.2, -0.15) is 8.42 Å². The van der Waals surface area contributed by atoms with Crippen LogP contribution in [0.3, 0.4) is 0 Å². The SMILES string of the molecule is CS(=O)(=O)OCC1(c2cccc(Br)n2)CC1. The molecule has 0 saturated heterocycles. The molecule has 0 radical (unpaired) electrons. The van der Waals surface area contributed by atoms with E-state index in [1.807, 2.05) is 18.2 Å². The van der Waals surface area contributed by atoms with Crippen LogP contribution in [0.15, 0.2) is 22.8 Å². The molecule has 0 bridgehead atoms. The van der Waals surface area contributed by atoms with Crippen LogP contribution in [0.4, 0.5) is 0 Å². The third-order valence-corrected chi connectivity index (χ3v) is 3.65. The minimum atomic E-state index is -3.37. The van der Waals surface area contributed by atoms with Crippen molar-refractivity contribution in [1.29, 1.82) is 0 Å². The zero-order valence-corrected chi connectivity index (χ0v) is 11.2. The lowest BCUT2D eigenvalue weighted by molar-refractivity contribution is 0.282. The maximum Gasteiger partial charge on any atom is 0.264 e. The Balaban J connectivity index is 2.14. The maximum atomic E-state index is 11.0. The second-order valence-electron chi connectivity index (χ2n) is 4.09. The zero-order chi connectivity index (χ0) is 11.8. The Morgan fingerprint density at radius 1 is 1.50 bits per heavy atom. The highest BCUT2D eigenvalue weighted by atomic mass is 79.9. The van der Waals surface area contributed by atoms with E-state index in [0.29, 0.717) is 0 Å². The van der Waals surface area contributed by atoms with Gasteiger partial charge in [-0.1, -0.05) is 6.07 Å². The minimum absolute atomic E-state index is 0.190. The summed E-state index contributed by atoms with van der Waals surface area (Å²) in [7, 11) is -3.37. The fraction of sp³-hybridized carbons (Fsp3) is 0.500. The fourth-order valence-electron chi connectivity index (χ4n) is 1.55. The molecule has 0 amide bonds. The van der Waals surface area contributed by atoms with Crippen LogP contribution in [0.2, 0.25) is 0 Å². The number of rotatable bonds is 4. The molecule has 2 rings (SSSR count). The van der Waals surface area contributed by atoms with Crippen molar-refractivity contribution in [3.8, 4) is 0 Å². The van der Waals surface area contributed by atoms with Gasteiger partial charge < -0.3 is 0 Å². The average molecular weight is 306 g/mol. The molecular formula is C10H12BrNO3S. The topological polar surface area (TPSA) is 56.3 Å². The highest BCUT2D eigenvalue weighted by molar-refractivity contribution is 9.10. The van der Waals surface area contributed by atoms with Crippen LogP contribution in [0, 0.1) is 0 Å². The summed E-state index contributed by atoms with van der Waals surface area (Å²) in [5.74, 6) is 0. The highest BCUT2D eigenvalue weighted by Crippen LogP contribution is 2.47. The summed E-state index contributed by atoms with van der Waals surface area (Å²) in [6, 6.07) is 5.65. The van der Waals surface area contributed by atoms with Gasteiger partial charge in [0.15, 0.2) is 0 Å². The standard InChI is InChI=1S/C10H12BrNO3S/c1-16(13,14)15-7-10(5-6-10)8-3-2-4-9(11)12-8/h2-4H,5-7H2,1H3. The van der Waals surface area contributed by atoms with Crippen molar-refractivity contribution in [2.45, 2.75) is 18.3 Å². The number of halogens is 1. The molecule has 1 aliphatic rings. The molecule has 0 atom stereocenters. The molecule has 88 valence electrons. The summed E-state index contributed by atoms with van der Waals surface area (Å²) in [4.78, 5) is 4.35. The molecule has 1 aromatic heterocycles. The first kappa shape index (κ1) is 12.0. The molecule has 1 aromatic rings. The van der Waals surface area contributed by atoms with Crippen LogP contribution in [0.1, 0.15) is 18.5 Å². The van der Waals surface area contributed by atoms with Gasteiger partial charge in [0.1, 0.15) is 4.60 Å². The number of nitrogens with zero attached hydrogens (tertiary/aromatic N) is 1. The molecule has 4 nitrogen and oxygen atoms in total. The van der Waals surface area contributed by atoms with E-state index in [-0.39, 0.29) is 12.0 Å². The number of hydrogen-bond acceptors (Lipinski definition) is 4. The summed E-state index contributed by atoms with van der Waals surface area (Å²) in [6.45, 7) is 0.190. The molecule has 16 heavy (non-hydrogen) atoms. The van der Waals surface area contributed by atoms with Crippen molar-refractivity contribution in [3.63, 3.8) is 0 Å². The molecule has 1 fully saturated rings. The molecule has 6 heteroatoms. The Morgan fingerprint density at radius 3 is 2.69 bits per heavy atom. The second kappa shape index (κ2) is 4.09. The van der Waals surface area contributed by atoms with Gasteiger partial charge >= 0.3 is 0 Å². The highest BCUT2D eigenvalue weighted by Gasteiger charge is 2.46. The first-order valence-corrected chi connectivity index (χ1v) is 7.50. The van der Waals surface area contributed by atoms with Crippen LogP contribution in [0.5, 0.6) is 0 Å². The Hall–Kier alpha value is -0.460. The van der Waals surface area contributed by atoms with Crippen molar-refractivity contribution in [2.75, 3.05) is 12.9 Å². The van der Waals surface area contributed by atoms with E-state index in [4.69, 9.17) is 4.18 Å². The minimum Gasteiger partial charge on any atom is -0.269 e. The summed E-state index contributed by atoms with van der Waals surface area (Å²) in [5.41, 5.74) is 0.692. The quantitative estimate of drug-likeness (QED) is 0.629. The summed E-state index contributed by atoms with van der Waals surface area (Å²) >= 11 is 3.30. The van der Waals surface area contributed by atoms with Gasteiger partial charge in [0.05, 0.1) is 18.6 Å². The van der Waals surface area contributed by atoms with Crippen molar-refractivity contribution in [2.24, 2.45) is 0 Å². The van der Waals surface area contributed by atoms with Crippen LogP contribution >= 0.6 is 15.9 Å². The number of hydrogen-bond donors (Lipinski definition) is 0. The van der Waals surface area contributed by atoms with Gasteiger partial charge in [0.2, 0.25) is 0 Å². The predicted molar refractivity (Wildman–Crippen MR) is 63.6 cm³/mol. The van der Waals surface area contributed by atoms with E-state index in [0.717, 1.165) is 29.4 Å². The molecule has 0 N–H and O–H groups in total. The van der Waals surface area contributed by atoms with Crippen LogP contribution in [0.25, 0.3) is 0 Å². The monoisotopic (exact) mass is 305 g/mol. The predicted octanol–water partition coefficient (Wildman–Crippen LogP) is 1.85. The zero-order valence-electron chi connectivity index (χ0n) is 8.81. The normalized spacial score (nSPS) is 18.4. The van der Waals surface area contributed by atoms with Gasteiger partial charge in [-0.05, 0) is 40.9 Å². The first-order chi connectivity index (χ1) is 7.41. The van der Waals surface area contributed by atoms with Crippen molar-refractivity contribution < 1.29 is 12.6 Å². The lowest BCUT2D eigenvalue weighted by atomic mass is 10.0. The largest absolute Gasteiger partial charge is 0.269 e. The third-order valence-electron chi connectivity index (χ3n) is 2.66. The van der Waals surface area contributed by atoms with Gasteiger partial charge in [-0.15, -0.1) is 0 Å². The van der Waals surface area contributed by atoms with Crippen molar-refractivity contribution >= 4 is 26.0 Å². The molecule has 1 aliphatic carbocycles. The molecule has 0 unspecified atom stereocenters. The van der Waals surface area contributed by atoms with E-state index >= 15 is 0 Å². The molecular weight excluding hydrogens is 294 g/mol. The summed E-state index contributed by atoms with van der Waals surface area (Å²) in [5, 5.41) is 0. The van der Waals surface area contributed by atoms with Crippen molar-refractivity contribution in [1.82, 2.24) is 4.98 Å².